The quantitative estimate of drug-likeness (QED) is 0.511. The Morgan fingerprint density at radius 3 is 2.75 bits per heavy atom. The molecule has 1 unspecified atom stereocenters. The van der Waals surface area contributed by atoms with Gasteiger partial charge in [0, 0.05) is 39.2 Å². The van der Waals surface area contributed by atoms with E-state index >= 15 is 0 Å². The number of hydrogen-bond donors (Lipinski definition) is 2. The normalized spacial score (nSPS) is 16.0. The van der Waals surface area contributed by atoms with Gasteiger partial charge in [0.2, 0.25) is 17.7 Å². The zero-order chi connectivity index (χ0) is 20.4. The highest BCUT2D eigenvalue weighted by molar-refractivity contribution is 5.95. The first-order chi connectivity index (χ1) is 13.5. The van der Waals surface area contributed by atoms with Crippen molar-refractivity contribution in [2.45, 2.75) is 38.7 Å². The molecule has 0 radical (unpaired) electrons. The first-order valence-electron chi connectivity index (χ1n) is 9.37. The molecular weight excluding hydrogens is 368 g/mol. The summed E-state index contributed by atoms with van der Waals surface area (Å²) in [7, 11) is 1.54. The van der Waals surface area contributed by atoms with Gasteiger partial charge in [-0.1, -0.05) is 5.16 Å². The highest BCUT2D eigenvalue weighted by atomic mass is 16.5. The number of nitrogens with zero attached hydrogens (tertiary/aromatic N) is 2. The summed E-state index contributed by atoms with van der Waals surface area (Å²) in [5.41, 5.74) is 0. The zero-order valence-electron chi connectivity index (χ0n) is 16.4. The molecule has 1 aliphatic rings. The highest BCUT2D eigenvalue weighted by Crippen LogP contribution is 2.20. The van der Waals surface area contributed by atoms with Crippen molar-refractivity contribution >= 4 is 23.5 Å². The van der Waals surface area contributed by atoms with Crippen molar-refractivity contribution in [3.05, 3.63) is 11.8 Å². The fraction of sp³-hybridized carbons (Fsp3) is 0.667. The van der Waals surface area contributed by atoms with Gasteiger partial charge in [-0.25, -0.2) is 0 Å². The average Bonchev–Trinajstić information content (AvgIpc) is 3.34. The summed E-state index contributed by atoms with van der Waals surface area (Å²) in [4.78, 5) is 37.7. The van der Waals surface area contributed by atoms with Crippen LogP contribution in [0.1, 0.15) is 31.4 Å². The van der Waals surface area contributed by atoms with E-state index in [1.807, 2.05) is 0 Å². The van der Waals surface area contributed by atoms with Crippen molar-refractivity contribution in [3.63, 3.8) is 0 Å². The van der Waals surface area contributed by atoms with Crippen LogP contribution in [0.5, 0.6) is 0 Å². The third kappa shape index (κ3) is 7.28. The van der Waals surface area contributed by atoms with E-state index in [2.05, 4.69) is 15.8 Å². The second-order valence-electron chi connectivity index (χ2n) is 6.55. The number of anilines is 1. The van der Waals surface area contributed by atoms with E-state index in [0.29, 0.717) is 37.9 Å². The number of carbonyl (C=O) groups is 3. The van der Waals surface area contributed by atoms with Gasteiger partial charge in [-0.3, -0.25) is 19.3 Å². The number of hydrogen-bond acceptors (Lipinski definition) is 7. The maximum absolute atomic E-state index is 12.7. The lowest BCUT2D eigenvalue weighted by Gasteiger charge is -2.22. The summed E-state index contributed by atoms with van der Waals surface area (Å²) < 4.78 is 15.5. The Balaban J connectivity index is 1.80. The van der Waals surface area contributed by atoms with Gasteiger partial charge in [0.05, 0.1) is 25.8 Å². The maximum atomic E-state index is 12.7. The molecule has 1 saturated heterocycles. The summed E-state index contributed by atoms with van der Waals surface area (Å²) >= 11 is 0. The molecule has 156 valence electrons. The van der Waals surface area contributed by atoms with Gasteiger partial charge < -0.3 is 24.6 Å². The summed E-state index contributed by atoms with van der Waals surface area (Å²) in [6.07, 6.45) is 1.75. The van der Waals surface area contributed by atoms with E-state index in [1.165, 1.54) is 12.0 Å². The Bertz CT molecular complexity index is 656. The minimum absolute atomic E-state index is 0.00421. The second-order valence-corrected chi connectivity index (χ2v) is 6.55. The molecule has 1 aliphatic heterocycles. The molecule has 28 heavy (non-hydrogen) atoms. The van der Waals surface area contributed by atoms with Crippen LogP contribution >= 0.6 is 0 Å². The minimum atomic E-state index is -0.372. The molecule has 1 aromatic rings. The fourth-order valence-electron chi connectivity index (χ4n) is 2.77. The predicted octanol–water partition coefficient (Wildman–Crippen LogP) is 0.154. The first-order valence-corrected chi connectivity index (χ1v) is 9.37. The van der Waals surface area contributed by atoms with Gasteiger partial charge in [-0.05, 0) is 19.8 Å². The van der Waals surface area contributed by atoms with Crippen LogP contribution in [0, 0.1) is 6.92 Å². The van der Waals surface area contributed by atoms with Crippen LogP contribution in [0.25, 0.3) is 0 Å². The summed E-state index contributed by atoms with van der Waals surface area (Å²) in [5, 5.41) is 9.01. The Morgan fingerprint density at radius 2 is 2.11 bits per heavy atom. The lowest BCUT2D eigenvalue weighted by Crippen LogP contribution is -2.40. The number of carbonyl (C=O) groups excluding carboxylic acids is 3. The Hall–Kier alpha value is -2.46. The molecule has 0 aliphatic carbocycles. The van der Waals surface area contributed by atoms with Gasteiger partial charge in [-0.2, -0.15) is 0 Å². The number of nitrogens with one attached hydrogen (secondary N) is 2. The van der Waals surface area contributed by atoms with Crippen molar-refractivity contribution in [2.75, 3.05) is 44.9 Å². The van der Waals surface area contributed by atoms with E-state index < -0.39 is 0 Å². The van der Waals surface area contributed by atoms with E-state index in [0.717, 1.165) is 12.8 Å². The molecule has 1 aromatic heterocycles. The van der Waals surface area contributed by atoms with E-state index in [9.17, 15) is 14.4 Å². The zero-order valence-corrected chi connectivity index (χ0v) is 16.4. The third-order valence-electron chi connectivity index (χ3n) is 4.24. The number of amides is 3. The number of ether oxygens (including phenoxy) is 2. The second kappa shape index (κ2) is 11.4. The van der Waals surface area contributed by atoms with Crippen LogP contribution < -0.4 is 15.5 Å². The van der Waals surface area contributed by atoms with Gasteiger partial charge in [0.15, 0.2) is 5.82 Å². The highest BCUT2D eigenvalue weighted by Gasteiger charge is 2.26. The van der Waals surface area contributed by atoms with Crippen molar-refractivity contribution in [3.8, 4) is 0 Å². The summed E-state index contributed by atoms with van der Waals surface area (Å²) in [5.74, 6) is 0.0789. The molecule has 0 aromatic carbocycles. The first kappa shape index (κ1) is 21.8. The van der Waals surface area contributed by atoms with E-state index in [1.54, 1.807) is 13.0 Å². The summed E-state index contributed by atoms with van der Waals surface area (Å²) in [6.45, 7) is 3.43. The van der Waals surface area contributed by atoms with Crippen LogP contribution in [0.4, 0.5) is 5.82 Å². The molecule has 10 nitrogen and oxygen atoms in total. The average molecular weight is 396 g/mol. The van der Waals surface area contributed by atoms with Crippen LogP contribution in [-0.2, 0) is 23.9 Å². The molecule has 2 rings (SSSR count). The molecular formula is C18H28N4O6. The smallest absolute Gasteiger partial charge is 0.239 e. The van der Waals surface area contributed by atoms with E-state index in [-0.39, 0.29) is 43.2 Å². The van der Waals surface area contributed by atoms with Gasteiger partial charge in [0.1, 0.15) is 5.76 Å². The van der Waals surface area contributed by atoms with Crippen molar-refractivity contribution in [1.82, 2.24) is 15.8 Å². The number of methoxy groups -OCH3 is 1. The van der Waals surface area contributed by atoms with Gasteiger partial charge in [0.25, 0.3) is 0 Å². The molecule has 2 heterocycles. The predicted molar refractivity (Wildman–Crippen MR) is 99.7 cm³/mol. The molecule has 0 saturated carbocycles. The third-order valence-corrected chi connectivity index (χ3v) is 4.24. The fourth-order valence-corrected chi connectivity index (χ4v) is 2.77. The topological polar surface area (TPSA) is 123 Å². The Kier molecular flexibility index (Phi) is 8.89. The summed E-state index contributed by atoms with van der Waals surface area (Å²) in [6, 6.07) is 1.68. The molecule has 2 N–H and O–H groups in total. The monoisotopic (exact) mass is 396 g/mol. The minimum Gasteiger partial charge on any atom is -0.383 e. The standard InChI is InChI=1S/C18H28N4O6/c1-13-10-15(21-28-13)22(12-14-4-3-8-27-14)18(25)6-5-16(23)20-11-17(24)19-7-9-26-2/h10,14H,3-9,11-12H2,1-2H3,(H,19,24)(H,20,23). The van der Waals surface area contributed by atoms with E-state index in [4.69, 9.17) is 14.0 Å². The van der Waals surface area contributed by atoms with Crippen LogP contribution in [-0.4, -0.2) is 68.9 Å². The van der Waals surface area contributed by atoms with Crippen LogP contribution in [0.2, 0.25) is 0 Å². The number of rotatable bonds is 11. The lowest BCUT2D eigenvalue weighted by molar-refractivity contribution is -0.127. The lowest BCUT2D eigenvalue weighted by atomic mass is 10.2. The molecule has 1 atom stereocenters. The molecule has 3 amide bonds. The van der Waals surface area contributed by atoms with Crippen LogP contribution in [0.3, 0.4) is 0 Å². The van der Waals surface area contributed by atoms with Gasteiger partial charge >= 0.3 is 0 Å². The number of aryl methyl sites for hydroxylation is 1. The molecule has 1 fully saturated rings. The largest absolute Gasteiger partial charge is 0.383 e. The van der Waals surface area contributed by atoms with Crippen molar-refractivity contribution in [2.24, 2.45) is 0 Å². The van der Waals surface area contributed by atoms with Gasteiger partial charge in [-0.15, -0.1) is 0 Å². The number of aromatic nitrogens is 1. The van der Waals surface area contributed by atoms with Crippen molar-refractivity contribution in [1.29, 1.82) is 0 Å². The maximum Gasteiger partial charge on any atom is 0.239 e. The van der Waals surface area contributed by atoms with Crippen LogP contribution in [0.15, 0.2) is 10.6 Å². The Labute approximate surface area is 163 Å². The Morgan fingerprint density at radius 1 is 1.29 bits per heavy atom. The SMILES string of the molecule is COCCNC(=O)CNC(=O)CCC(=O)N(CC1CCCO1)c1cc(C)on1. The molecule has 0 spiro atoms. The molecule has 0 bridgehead atoms. The van der Waals surface area contributed by atoms with Crippen molar-refractivity contribution < 1.29 is 28.4 Å². The molecule has 10 heteroatoms.